The first-order valence-corrected chi connectivity index (χ1v) is 11.1. The van der Waals surface area contributed by atoms with E-state index in [2.05, 4.69) is 15.2 Å². The first-order chi connectivity index (χ1) is 14.7. The van der Waals surface area contributed by atoms with Crippen LogP contribution in [0.4, 0.5) is 17.1 Å². The van der Waals surface area contributed by atoms with Crippen LogP contribution >= 0.6 is 34.8 Å². The molecule has 0 aliphatic carbocycles. The fourth-order valence-electron chi connectivity index (χ4n) is 2.44. The fourth-order valence-corrected chi connectivity index (χ4v) is 4.10. The van der Waals surface area contributed by atoms with Crippen LogP contribution in [0.1, 0.15) is 5.56 Å². The first kappa shape index (κ1) is 22.8. The van der Waals surface area contributed by atoms with E-state index in [9.17, 15) is 18.5 Å². The normalized spacial score (nSPS) is 11.5. The zero-order chi connectivity index (χ0) is 22.6. The molecule has 0 aromatic heterocycles. The number of hydrazone groups is 1. The first-order valence-electron chi connectivity index (χ1n) is 8.47. The van der Waals surface area contributed by atoms with Crippen LogP contribution in [0, 0.1) is 10.1 Å². The van der Waals surface area contributed by atoms with Crippen molar-refractivity contribution in [1.82, 2.24) is 0 Å². The van der Waals surface area contributed by atoms with E-state index < -0.39 is 20.6 Å². The maximum atomic E-state index is 12.9. The van der Waals surface area contributed by atoms with Gasteiger partial charge in [-0.15, -0.1) is 0 Å². The SMILES string of the molecule is O=[N+]([O-])c1ccc(NN=Cc2ccc(Cl)c(Cl)c2)c(S(=O)(=O)Nc2ccc(Cl)cc2)c1. The number of nitrogens with one attached hydrogen (secondary N) is 2. The van der Waals surface area contributed by atoms with Gasteiger partial charge in [0.25, 0.3) is 15.7 Å². The van der Waals surface area contributed by atoms with Crippen molar-refractivity contribution < 1.29 is 13.3 Å². The molecule has 8 nitrogen and oxygen atoms in total. The average Bonchev–Trinajstić information content (AvgIpc) is 2.72. The molecule has 3 aromatic carbocycles. The van der Waals surface area contributed by atoms with Crippen molar-refractivity contribution in [2.24, 2.45) is 5.10 Å². The Morgan fingerprint density at radius 2 is 1.65 bits per heavy atom. The lowest BCUT2D eigenvalue weighted by atomic mass is 10.2. The molecule has 0 heterocycles. The fraction of sp³-hybridized carbons (Fsp3) is 0. The van der Waals surface area contributed by atoms with Crippen LogP contribution in [0.2, 0.25) is 15.1 Å². The van der Waals surface area contributed by atoms with E-state index >= 15 is 0 Å². The number of rotatable bonds is 7. The summed E-state index contributed by atoms with van der Waals surface area (Å²) in [7, 11) is -4.19. The molecule has 3 rings (SSSR count). The number of nitro benzene ring substituents is 1. The van der Waals surface area contributed by atoms with E-state index in [1.807, 2.05) is 0 Å². The van der Waals surface area contributed by atoms with Gasteiger partial charge in [-0.3, -0.25) is 20.3 Å². The van der Waals surface area contributed by atoms with Crippen molar-refractivity contribution in [3.8, 4) is 0 Å². The molecule has 0 bridgehead atoms. The molecule has 0 aliphatic rings. The molecule has 3 aromatic rings. The maximum Gasteiger partial charge on any atom is 0.270 e. The molecule has 0 radical (unpaired) electrons. The van der Waals surface area contributed by atoms with Crippen LogP contribution in [-0.4, -0.2) is 19.6 Å². The van der Waals surface area contributed by atoms with Crippen LogP contribution in [0.5, 0.6) is 0 Å². The Kier molecular flexibility index (Phi) is 7.01. The third-order valence-electron chi connectivity index (χ3n) is 3.90. The van der Waals surface area contributed by atoms with Crippen molar-refractivity contribution in [3.63, 3.8) is 0 Å². The Morgan fingerprint density at radius 3 is 2.29 bits per heavy atom. The van der Waals surface area contributed by atoms with Gasteiger partial charge in [-0.1, -0.05) is 40.9 Å². The summed E-state index contributed by atoms with van der Waals surface area (Å²) < 4.78 is 28.2. The van der Waals surface area contributed by atoms with Crippen molar-refractivity contribution in [1.29, 1.82) is 0 Å². The quantitative estimate of drug-likeness (QED) is 0.242. The lowest BCUT2D eigenvalue weighted by Crippen LogP contribution is -2.15. The average molecular weight is 500 g/mol. The molecule has 12 heteroatoms. The van der Waals surface area contributed by atoms with Gasteiger partial charge in [-0.05, 0) is 48.0 Å². The highest BCUT2D eigenvalue weighted by Crippen LogP contribution is 2.29. The molecule has 2 N–H and O–H groups in total. The van der Waals surface area contributed by atoms with Crippen LogP contribution in [0.3, 0.4) is 0 Å². The molecule has 0 atom stereocenters. The van der Waals surface area contributed by atoms with E-state index in [0.29, 0.717) is 20.6 Å². The third-order valence-corrected chi connectivity index (χ3v) is 6.32. The van der Waals surface area contributed by atoms with Gasteiger partial charge in [-0.25, -0.2) is 8.42 Å². The van der Waals surface area contributed by atoms with Crippen molar-refractivity contribution in [2.45, 2.75) is 4.90 Å². The minimum Gasteiger partial charge on any atom is -0.280 e. The smallest absolute Gasteiger partial charge is 0.270 e. The summed E-state index contributed by atoms with van der Waals surface area (Å²) in [6.45, 7) is 0. The largest absolute Gasteiger partial charge is 0.280 e. The Balaban J connectivity index is 1.92. The van der Waals surface area contributed by atoms with E-state index in [4.69, 9.17) is 34.8 Å². The highest BCUT2D eigenvalue weighted by molar-refractivity contribution is 7.92. The van der Waals surface area contributed by atoms with Crippen molar-refractivity contribution in [3.05, 3.63) is 91.4 Å². The molecule has 0 saturated heterocycles. The van der Waals surface area contributed by atoms with Crippen LogP contribution < -0.4 is 10.1 Å². The number of halogens is 3. The van der Waals surface area contributed by atoms with Gasteiger partial charge < -0.3 is 0 Å². The second-order valence-electron chi connectivity index (χ2n) is 6.09. The summed E-state index contributed by atoms with van der Waals surface area (Å²) >= 11 is 17.6. The summed E-state index contributed by atoms with van der Waals surface area (Å²) in [5, 5.41) is 16.3. The van der Waals surface area contributed by atoms with E-state index in [0.717, 1.165) is 6.07 Å². The van der Waals surface area contributed by atoms with Crippen molar-refractivity contribution >= 4 is 68.1 Å². The van der Waals surface area contributed by atoms with Gasteiger partial charge in [0.05, 0.1) is 26.9 Å². The van der Waals surface area contributed by atoms with Crippen molar-refractivity contribution in [2.75, 3.05) is 10.1 Å². The Bertz CT molecular complexity index is 1270. The van der Waals surface area contributed by atoms with Gasteiger partial charge in [0, 0.05) is 22.8 Å². The topological polar surface area (TPSA) is 114 Å². The molecule has 0 unspecified atom stereocenters. The number of hydrogen-bond donors (Lipinski definition) is 2. The molecule has 0 saturated carbocycles. The number of non-ortho nitro benzene ring substituents is 1. The number of benzene rings is 3. The van der Waals surface area contributed by atoms with E-state index in [1.54, 1.807) is 18.2 Å². The summed E-state index contributed by atoms with van der Waals surface area (Å²) in [6, 6.07) is 14.1. The third kappa shape index (κ3) is 5.86. The summed E-state index contributed by atoms with van der Waals surface area (Å²) in [5.74, 6) is 0. The molecule has 0 aliphatic heterocycles. The van der Waals surface area contributed by atoms with Gasteiger partial charge in [0.15, 0.2) is 0 Å². The minimum atomic E-state index is -4.19. The lowest BCUT2D eigenvalue weighted by molar-refractivity contribution is -0.385. The van der Waals surface area contributed by atoms with E-state index in [-0.39, 0.29) is 16.3 Å². The van der Waals surface area contributed by atoms with Gasteiger partial charge in [-0.2, -0.15) is 5.10 Å². The van der Waals surface area contributed by atoms with Gasteiger partial charge in [0.2, 0.25) is 0 Å². The molecule has 160 valence electrons. The second-order valence-corrected chi connectivity index (χ2v) is 9.00. The standard InChI is InChI=1S/C19H13Cl3N4O4S/c20-13-2-4-14(5-3-13)25-31(29,30)19-10-15(26(27)28)6-8-18(19)24-23-11-12-1-7-16(21)17(22)9-12/h1-11,24-25H. The monoisotopic (exact) mass is 498 g/mol. The minimum absolute atomic E-state index is 0.0309. The number of nitro groups is 1. The number of hydrogen-bond acceptors (Lipinski definition) is 6. The summed E-state index contributed by atoms with van der Waals surface area (Å²) in [6.07, 6.45) is 1.40. The van der Waals surface area contributed by atoms with Crippen LogP contribution in [0.15, 0.2) is 70.7 Å². The second kappa shape index (κ2) is 9.52. The zero-order valence-corrected chi connectivity index (χ0v) is 18.5. The summed E-state index contributed by atoms with van der Waals surface area (Å²) in [5.41, 5.74) is 3.07. The highest BCUT2D eigenvalue weighted by atomic mass is 35.5. The molecule has 0 fully saturated rings. The summed E-state index contributed by atoms with van der Waals surface area (Å²) in [4.78, 5) is 10.1. The maximum absolute atomic E-state index is 12.9. The Labute approximate surface area is 192 Å². The predicted octanol–water partition coefficient (Wildman–Crippen LogP) is 5.80. The number of anilines is 2. The molecule has 0 amide bonds. The highest BCUT2D eigenvalue weighted by Gasteiger charge is 2.22. The predicted molar refractivity (Wildman–Crippen MR) is 123 cm³/mol. The lowest BCUT2D eigenvalue weighted by Gasteiger charge is -2.12. The van der Waals surface area contributed by atoms with E-state index in [1.165, 1.54) is 42.6 Å². The Hall–Kier alpha value is -2.85. The van der Waals surface area contributed by atoms with Crippen LogP contribution in [0.25, 0.3) is 0 Å². The molecule has 31 heavy (non-hydrogen) atoms. The van der Waals surface area contributed by atoms with Gasteiger partial charge in [0.1, 0.15) is 4.90 Å². The molecular weight excluding hydrogens is 487 g/mol. The number of sulfonamides is 1. The number of nitrogens with zero attached hydrogens (tertiary/aromatic N) is 2. The van der Waals surface area contributed by atoms with Crippen LogP contribution in [-0.2, 0) is 10.0 Å². The Morgan fingerprint density at radius 1 is 0.935 bits per heavy atom. The molecule has 0 spiro atoms. The zero-order valence-electron chi connectivity index (χ0n) is 15.4. The molecular formula is C19H13Cl3N4O4S. The van der Waals surface area contributed by atoms with Gasteiger partial charge >= 0.3 is 0 Å².